The van der Waals surface area contributed by atoms with Gasteiger partial charge in [-0.3, -0.25) is 19.2 Å². The van der Waals surface area contributed by atoms with Crippen LogP contribution >= 0.6 is 0 Å². The van der Waals surface area contributed by atoms with Gasteiger partial charge in [0.1, 0.15) is 35.8 Å². The first-order valence-electron chi connectivity index (χ1n) is 29.8. The van der Waals surface area contributed by atoms with Gasteiger partial charge in [0.05, 0.1) is 26.6 Å². The van der Waals surface area contributed by atoms with Gasteiger partial charge < -0.3 is 48.0 Å². The average Bonchev–Trinajstić information content (AvgIpc) is 3.62. The molecule has 5 rings (SSSR count). The standard InChI is InChI=1S/C66H88F2N6O14/c1-37(2)25-51-63(79)85-41(9)59(75)71(11)54(28-40(7)8)66(82)88-56(32-46-23-19-44(20-24-46)30-48-34-50(68)36-70-58(48)84-16)62(78)74(14)52(26-38(3)4)64(80)86-42(10)60(76)72(12)53(27-39(5)6)65(81)87-55(61(77)73(51)13)31-45-21-17-43(18-22-45)29-47-33-49(67)35-69-57(47)83-15/h17-24,33-42,51-56H,25-32H2,1-16H3/t41-,42-,51+,52+,53+,54+,55-,56-/m1/s1. The van der Waals surface area contributed by atoms with Crippen LogP contribution in [0.5, 0.6) is 11.8 Å². The number of aromatic nitrogens is 2. The largest absolute Gasteiger partial charge is 0.481 e. The third kappa shape index (κ3) is 19.5. The van der Waals surface area contributed by atoms with Crippen molar-refractivity contribution in [3.8, 4) is 11.8 Å². The molecule has 3 heterocycles. The minimum Gasteiger partial charge on any atom is -0.481 e. The van der Waals surface area contributed by atoms with Crippen LogP contribution in [0.25, 0.3) is 0 Å². The fourth-order valence-corrected chi connectivity index (χ4v) is 10.5. The number of rotatable bonds is 18. The van der Waals surface area contributed by atoms with Crippen molar-refractivity contribution in [2.75, 3.05) is 42.4 Å². The normalized spacial score (nSPS) is 22.1. The number of halogens is 2. The second kappa shape index (κ2) is 32.3. The van der Waals surface area contributed by atoms with Crippen LogP contribution < -0.4 is 9.47 Å². The number of carbonyl (C=O) groups is 8. The van der Waals surface area contributed by atoms with Gasteiger partial charge in [0, 0.05) is 65.0 Å². The van der Waals surface area contributed by atoms with Gasteiger partial charge in [0.25, 0.3) is 23.6 Å². The Morgan fingerprint density at radius 3 is 0.966 bits per heavy atom. The van der Waals surface area contributed by atoms with Crippen molar-refractivity contribution in [2.24, 2.45) is 23.7 Å². The van der Waals surface area contributed by atoms with E-state index in [1.807, 2.05) is 55.4 Å². The molecule has 0 saturated carbocycles. The second-order valence-electron chi connectivity index (χ2n) is 24.4. The zero-order valence-electron chi connectivity index (χ0n) is 53.7. The lowest BCUT2D eigenvalue weighted by Crippen LogP contribution is -2.55. The maximum atomic E-state index is 15.1. The fraction of sp³-hybridized carbons (Fsp3) is 0.545. The van der Waals surface area contributed by atoms with E-state index in [2.05, 4.69) is 9.97 Å². The maximum absolute atomic E-state index is 15.1. The summed E-state index contributed by atoms with van der Waals surface area (Å²) in [5.74, 6) is -8.71. The summed E-state index contributed by atoms with van der Waals surface area (Å²) >= 11 is 0. The Morgan fingerprint density at radius 2 is 0.693 bits per heavy atom. The summed E-state index contributed by atoms with van der Waals surface area (Å²) in [6.07, 6.45) is -4.08. The molecule has 1 aliphatic rings. The molecule has 0 spiro atoms. The SMILES string of the molecule is COc1ncc(F)cc1Cc1ccc(C[C@H]2OC(=O)[C@H](CC(C)C)N(C)C(=O)[C@@H](C)OC(=O)[C@H](CC(C)C)N(C)C(=O)[C@@H](Cc3ccc(Cc4cc(F)cnc4OC)cc3)OC(=O)[C@H](CC(C)C)N(C)C(=O)[C@@H](C)OC(=O)[C@H](CC(C)C)N(C)C2=O)cc1. The number of esters is 4. The number of cyclic esters (lactones) is 4. The number of methoxy groups -OCH3 is 2. The number of benzene rings is 2. The highest BCUT2D eigenvalue weighted by molar-refractivity contribution is 5.94. The first-order chi connectivity index (χ1) is 41.4. The molecule has 480 valence electrons. The van der Waals surface area contributed by atoms with Crippen LogP contribution in [0.2, 0.25) is 0 Å². The molecule has 0 bridgehead atoms. The van der Waals surface area contributed by atoms with Crippen LogP contribution in [0, 0.1) is 35.3 Å². The average molecular weight is 1230 g/mol. The quantitative estimate of drug-likeness (QED) is 0.0680. The molecule has 4 amide bonds. The number of hydrogen-bond donors (Lipinski definition) is 0. The molecule has 1 aliphatic heterocycles. The predicted molar refractivity (Wildman–Crippen MR) is 322 cm³/mol. The molecule has 1 saturated heterocycles. The molecular formula is C66H88F2N6O14. The maximum Gasteiger partial charge on any atom is 0.329 e. The lowest BCUT2D eigenvalue weighted by Gasteiger charge is -2.35. The topological polar surface area (TPSA) is 231 Å². The third-order valence-electron chi connectivity index (χ3n) is 15.3. The van der Waals surface area contributed by atoms with Gasteiger partial charge in [-0.1, -0.05) is 104 Å². The van der Waals surface area contributed by atoms with Gasteiger partial charge in [-0.25, -0.2) is 37.9 Å². The first kappa shape index (κ1) is 70.7. The zero-order valence-corrected chi connectivity index (χ0v) is 53.7. The molecule has 2 aromatic heterocycles. The van der Waals surface area contributed by atoms with Crippen LogP contribution in [0.4, 0.5) is 8.78 Å². The first-order valence-corrected chi connectivity index (χ1v) is 29.8. The molecule has 22 heteroatoms. The fourth-order valence-electron chi connectivity index (χ4n) is 10.5. The minimum absolute atomic E-state index is 0.0293. The molecule has 0 radical (unpaired) electrons. The van der Waals surface area contributed by atoms with Crippen molar-refractivity contribution in [3.05, 3.63) is 118 Å². The lowest BCUT2D eigenvalue weighted by atomic mass is 9.99. The highest BCUT2D eigenvalue weighted by atomic mass is 19.1. The van der Waals surface area contributed by atoms with E-state index >= 15 is 9.59 Å². The molecule has 0 N–H and O–H groups in total. The Labute approximate surface area is 515 Å². The number of nitrogens with zero attached hydrogens (tertiary/aromatic N) is 6. The van der Waals surface area contributed by atoms with Crippen molar-refractivity contribution < 1.29 is 75.6 Å². The number of ether oxygens (including phenoxy) is 6. The number of carbonyl (C=O) groups excluding carboxylic acids is 8. The van der Waals surface area contributed by atoms with E-state index in [1.54, 1.807) is 48.5 Å². The van der Waals surface area contributed by atoms with E-state index < -0.39 is 108 Å². The van der Waals surface area contributed by atoms with Crippen molar-refractivity contribution in [1.82, 2.24) is 29.6 Å². The summed E-state index contributed by atoms with van der Waals surface area (Å²) < 4.78 is 63.4. The van der Waals surface area contributed by atoms with Crippen molar-refractivity contribution in [1.29, 1.82) is 0 Å². The van der Waals surface area contributed by atoms with E-state index in [0.717, 1.165) is 43.1 Å². The summed E-state index contributed by atoms with van der Waals surface area (Å²) in [6, 6.07) is 11.1. The predicted octanol–water partition coefficient (Wildman–Crippen LogP) is 7.93. The van der Waals surface area contributed by atoms with Gasteiger partial charge in [0.2, 0.25) is 11.8 Å². The van der Waals surface area contributed by atoms with Crippen LogP contribution in [0.1, 0.15) is 128 Å². The van der Waals surface area contributed by atoms with Crippen LogP contribution in [0.3, 0.4) is 0 Å². The van der Waals surface area contributed by atoms with E-state index in [-0.39, 0.29) is 86.8 Å². The highest BCUT2D eigenvalue weighted by Gasteiger charge is 2.43. The summed E-state index contributed by atoms with van der Waals surface area (Å²) in [4.78, 5) is 130. The Balaban J connectivity index is 1.59. The highest BCUT2D eigenvalue weighted by Crippen LogP contribution is 2.27. The summed E-state index contributed by atoms with van der Waals surface area (Å²) in [5, 5.41) is 0. The minimum atomic E-state index is -1.62. The van der Waals surface area contributed by atoms with Gasteiger partial charge in [0.15, 0.2) is 24.4 Å². The lowest BCUT2D eigenvalue weighted by molar-refractivity contribution is -0.176. The molecular weight excluding hydrogens is 1140 g/mol. The molecule has 20 nitrogen and oxygen atoms in total. The molecule has 4 aromatic rings. The van der Waals surface area contributed by atoms with Crippen LogP contribution in [-0.2, 0) is 83.0 Å². The van der Waals surface area contributed by atoms with Crippen LogP contribution in [-0.4, -0.2) is 168 Å². The van der Waals surface area contributed by atoms with Crippen molar-refractivity contribution in [3.63, 3.8) is 0 Å². The monoisotopic (exact) mass is 1230 g/mol. The van der Waals surface area contributed by atoms with E-state index in [9.17, 15) is 37.5 Å². The summed E-state index contributed by atoms with van der Waals surface area (Å²) in [5.41, 5.74) is 3.47. The Hall–Kier alpha value is -8.04. The zero-order chi connectivity index (χ0) is 65.4. The van der Waals surface area contributed by atoms with Crippen LogP contribution in [0.15, 0.2) is 73.1 Å². The van der Waals surface area contributed by atoms with E-state index in [0.29, 0.717) is 22.3 Å². The molecule has 0 unspecified atom stereocenters. The van der Waals surface area contributed by atoms with Gasteiger partial charge in [-0.05, 0) is 97.6 Å². The molecule has 0 aliphatic carbocycles. The third-order valence-corrected chi connectivity index (χ3v) is 15.3. The number of amides is 4. The Morgan fingerprint density at radius 1 is 0.432 bits per heavy atom. The molecule has 88 heavy (non-hydrogen) atoms. The van der Waals surface area contributed by atoms with Gasteiger partial charge in [-0.2, -0.15) is 0 Å². The Bertz CT molecular complexity index is 2850. The number of likely N-dealkylation sites (N-methyl/N-ethyl adjacent to an activating group) is 4. The second-order valence-corrected chi connectivity index (χ2v) is 24.4. The number of hydrogen-bond acceptors (Lipinski definition) is 16. The van der Waals surface area contributed by atoms with E-state index in [1.165, 1.54) is 68.4 Å². The summed E-state index contributed by atoms with van der Waals surface area (Å²) in [7, 11) is 8.25. The van der Waals surface area contributed by atoms with E-state index in [4.69, 9.17) is 28.4 Å². The smallest absolute Gasteiger partial charge is 0.329 e. The molecule has 2 aromatic carbocycles. The summed E-state index contributed by atoms with van der Waals surface area (Å²) in [6.45, 7) is 17.2. The van der Waals surface area contributed by atoms with Crippen molar-refractivity contribution in [2.45, 2.75) is 169 Å². The Kier molecular flexibility index (Phi) is 25.9. The molecule has 8 atom stereocenters. The van der Waals surface area contributed by atoms with Gasteiger partial charge in [-0.15, -0.1) is 0 Å². The van der Waals surface area contributed by atoms with Gasteiger partial charge >= 0.3 is 23.9 Å². The molecule has 1 fully saturated rings. The number of pyridine rings is 2. The van der Waals surface area contributed by atoms with Crippen molar-refractivity contribution >= 4 is 47.5 Å².